The molecular weight excluding hydrogens is 401 g/mol. The summed E-state index contributed by atoms with van der Waals surface area (Å²) in [6.07, 6.45) is 1.58. The second-order valence-corrected chi connectivity index (χ2v) is 6.66. The highest BCUT2D eigenvalue weighted by molar-refractivity contribution is 9.10. The third-order valence-electron chi connectivity index (χ3n) is 2.91. The molecule has 0 spiro atoms. The predicted molar refractivity (Wildman–Crippen MR) is 91.2 cm³/mol. The van der Waals surface area contributed by atoms with Gasteiger partial charge in [-0.15, -0.1) is 11.8 Å². The van der Waals surface area contributed by atoms with Crippen molar-refractivity contribution in [3.05, 3.63) is 52.0 Å². The summed E-state index contributed by atoms with van der Waals surface area (Å²) in [7, 11) is 0. The molecule has 2 amide bonds. The van der Waals surface area contributed by atoms with Crippen LogP contribution in [-0.2, 0) is 4.79 Å². The van der Waals surface area contributed by atoms with Crippen LogP contribution in [0.2, 0.25) is 0 Å². The summed E-state index contributed by atoms with van der Waals surface area (Å²) < 4.78 is 14.5. The van der Waals surface area contributed by atoms with Gasteiger partial charge in [-0.05, 0) is 41.1 Å². The topological polar surface area (TPSA) is 91.1 Å². The van der Waals surface area contributed by atoms with Crippen LogP contribution in [0.25, 0.3) is 0 Å². The maximum Gasteiger partial charge on any atom is 0.286 e. The fraction of sp³-hybridized carbons (Fsp3) is 0.133. The van der Waals surface area contributed by atoms with E-state index in [9.17, 15) is 18.8 Å². The van der Waals surface area contributed by atoms with Gasteiger partial charge in [0.15, 0.2) is 5.78 Å². The van der Waals surface area contributed by atoms with Crippen molar-refractivity contribution in [1.29, 1.82) is 0 Å². The molecule has 0 fully saturated rings. The Balaban J connectivity index is 1.83. The summed E-state index contributed by atoms with van der Waals surface area (Å²) in [5.74, 6) is -1.89. The molecule has 0 unspecified atom stereocenters. The number of hydrogen-bond donors (Lipinski definition) is 3. The number of aromatic nitrogens is 1. The Morgan fingerprint density at radius 3 is 2.58 bits per heavy atom. The Morgan fingerprint density at radius 2 is 2.00 bits per heavy atom. The monoisotopic (exact) mass is 413 g/mol. The van der Waals surface area contributed by atoms with E-state index in [-0.39, 0.29) is 27.7 Å². The molecule has 9 heteroatoms. The number of aromatic amines is 1. The van der Waals surface area contributed by atoms with Gasteiger partial charge in [-0.25, -0.2) is 4.39 Å². The molecule has 0 aliphatic carbocycles. The third-order valence-corrected chi connectivity index (χ3v) is 4.41. The van der Waals surface area contributed by atoms with E-state index in [4.69, 9.17) is 0 Å². The molecule has 3 N–H and O–H groups in total. The average molecular weight is 414 g/mol. The molecular formula is C15H13BrFN3O3S. The fourth-order valence-corrected chi connectivity index (χ4v) is 2.77. The summed E-state index contributed by atoms with van der Waals surface area (Å²) in [5, 5.41) is 0. The number of nitrogens with one attached hydrogen (secondary N) is 3. The first-order valence-corrected chi connectivity index (χ1v) is 8.51. The van der Waals surface area contributed by atoms with Gasteiger partial charge in [-0.1, -0.05) is 6.07 Å². The second kappa shape index (κ2) is 8.11. The normalized spacial score (nSPS) is 10.3. The molecule has 0 radical (unpaired) electrons. The number of amides is 2. The summed E-state index contributed by atoms with van der Waals surface area (Å²) in [6, 6.07) is 5.63. The van der Waals surface area contributed by atoms with E-state index in [0.717, 1.165) is 17.8 Å². The molecule has 126 valence electrons. The number of Topliss-reactive ketones (excluding diaryl/α,β-unsaturated/α-hetero) is 1. The molecule has 1 aromatic heterocycles. The summed E-state index contributed by atoms with van der Waals surface area (Å²) in [6.45, 7) is 1.35. The van der Waals surface area contributed by atoms with Crippen LogP contribution in [0, 0.1) is 5.82 Å². The largest absolute Gasteiger partial charge is 0.356 e. The Hall–Kier alpha value is -2.13. The summed E-state index contributed by atoms with van der Waals surface area (Å²) in [4.78, 5) is 37.5. The highest BCUT2D eigenvalue weighted by Crippen LogP contribution is 2.22. The van der Waals surface area contributed by atoms with Gasteiger partial charge in [0.2, 0.25) is 5.91 Å². The van der Waals surface area contributed by atoms with Crippen molar-refractivity contribution in [3.63, 3.8) is 0 Å². The van der Waals surface area contributed by atoms with Gasteiger partial charge in [-0.2, -0.15) is 0 Å². The van der Waals surface area contributed by atoms with Crippen molar-refractivity contribution in [2.24, 2.45) is 0 Å². The molecule has 0 bridgehead atoms. The number of thioether (sulfide) groups is 1. The number of hydrazine groups is 1. The smallest absolute Gasteiger partial charge is 0.286 e. The molecule has 0 atom stereocenters. The van der Waals surface area contributed by atoms with Gasteiger partial charge in [0.05, 0.1) is 5.75 Å². The van der Waals surface area contributed by atoms with Crippen LogP contribution in [0.5, 0.6) is 0 Å². The van der Waals surface area contributed by atoms with E-state index in [0.29, 0.717) is 4.47 Å². The Bertz CT molecular complexity index is 794. The predicted octanol–water partition coefficient (Wildman–Crippen LogP) is 2.67. The molecule has 24 heavy (non-hydrogen) atoms. The first-order chi connectivity index (χ1) is 11.4. The minimum Gasteiger partial charge on any atom is -0.356 e. The van der Waals surface area contributed by atoms with Crippen LogP contribution in [0.1, 0.15) is 27.8 Å². The van der Waals surface area contributed by atoms with Crippen molar-refractivity contribution in [1.82, 2.24) is 15.8 Å². The van der Waals surface area contributed by atoms with Crippen LogP contribution in [-0.4, -0.2) is 28.3 Å². The number of rotatable bonds is 5. The maximum absolute atomic E-state index is 13.8. The standard InChI is InChI=1S/C15H13BrFN3O3S/c1-8(21)9-2-3-13(11(17)4-9)24-7-14(22)19-20-15(23)12-5-10(16)6-18-12/h2-6,18H,7H2,1H3,(H,19,22)(H,20,23). The number of carbonyl (C=O) groups excluding carboxylic acids is 3. The molecule has 0 aliphatic rings. The van der Waals surface area contributed by atoms with E-state index < -0.39 is 17.6 Å². The van der Waals surface area contributed by atoms with Crippen LogP contribution in [0.15, 0.2) is 39.8 Å². The number of halogens is 2. The molecule has 0 saturated carbocycles. The van der Waals surface area contributed by atoms with Gasteiger partial charge in [0, 0.05) is 21.1 Å². The Labute approximate surface area is 149 Å². The Morgan fingerprint density at radius 1 is 1.25 bits per heavy atom. The molecule has 1 heterocycles. The summed E-state index contributed by atoms with van der Waals surface area (Å²) in [5.41, 5.74) is 5.03. The zero-order valence-electron chi connectivity index (χ0n) is 12.5. The van der Waals surface area contributed by atoms with Crippen LogP contribution >= 0.6 is 27.7 Å². The first kappa shape index (κ1) is 18.2. The highest BCUT2D eigenvalue weighted by atomic mass is 79.9. The van der Waals surface area contributed by atoms with Crippen molar-refractivity contribution < 1.29 is 18.8 Å². The minimum absolute atomic E-state index is 0.0922. The van der Waals surface area contributed by atoms with Crippen LogP contribution in [0.3, 0.4) is 0 Å². The van der Waals surface area contributed by atoms with E-state index >= 15 is 0 Å². The van der Waals surface area contributed by atoms with Crippen LogP contribution < -0.4 is 10.9 Å². The van der Waals surface area contributed by atoms with Gasteiger partial charge in [-0.3, -0.25) is 25.2 Å². The number of benzene rings is 1. The third kappa shape index (κ3) is 4.93. The van der Waals surface area contributed by atoms with Crippen molar-refractivity contribution in [3.8, 4) is 0 Å². The lowest BCUT2D eigenvalue weighted by Gasteiger charge is -2.07. The average Bonchev–Trinajstić information content (AvgIpc) is 2.97. The summed E-state index contributed by atoms with van der Waals surface area (Å²) >= 11 is 4.16. The second-order valence-electron chi connectivity index (χ2n) is 4.72. The Kier molecular flexibility index (Phi) is 6.16. The van der Waals surface area contributed by atoms with Gasteiger partial charge in [0.1, 0.15) is 11.5 Å². The molecule has 0 aliphatic heterocycles. The van der Waals surface area contributed by atoms with Gasteiger partial charge >= 0.3 is 0 Å². The SMILES string of the molecule is CC(=O)c1ccc(SCC(=O)NNC(=O)c2cc(Br)c[nH]2)c(F)c1. The van der Waals surface area contributed by atoms with Gasteiger partial charge < -0.3 is 4.98 Å². The van der Waals surface area contributed by atoms with Gasteiger partial charge in [0.25, 0.3) is 5.91 Å². The van der Waals surface area contributed by atoms with E-state index in [1.807, 2.05) is 0 Å². The molecule has 6 nitrogen and oxygen atoms in total. The number of hydrogen-bond acceptors (Lipinski definition) is 4. The lowest BCUT2D eigenvalue weighted by atomic mass is 10.1. The number of carbonyl (C=O) groups is 3. The molecule has 2 aromatic rings. The lowest BCUT2D eigenvalue weighted by Crippen LogP contribution is -2.42. The fourth-order valence-electron chi connectivity index (χ4n) is 1.71. The molecule has 0 saturated heterocycles. The van der Waals surface area contributed by atoms with Crippen molar-refractivity contribution >= 4 is 45.3 Å². The quantitative estimate of drug-likeness (QED) is 0.399. The maximum atomic E-state index is 13.8. The van der Waals surface area contributed by atoms with E-state index in [1.54, 1.807) is 12.3 Å². The van der Waals surface area contributed by atoms with E-state index in [1.165, 1.54) is 19.1 Å². The lowest BCUT2D eigenvalue weighted by molar-refractivity contribution is -0.119. The zero-order valence-corrected chi connectivity index (χ0v) is 14.9. The minimum atomic E-state index is -0.569. The first-order valence-electron chi connectivity index (χ1n) is 6.73. The molecule has 1 aromatic carbocycles. The number of H-pyrrole nitrogens is 1. The zero-order chi connectivity index (χ0) is 17.7. The van der Waals surface area contributed by atoms with Crippen molar-refractivity contribution in [2.45, 2.75) is 11.8 Å². The molecule has 2 rings (SSSR count). The van der Waals surface area contributed by atoms with E-state index in [2.05, 4.69) is 31.8 Å². The van der Waals surface area contributed by atoms with Crippen LogP contribution in [0.4, 0.5) is 4.39 Å². The van der Waals surface area contributed by atoms with Crippen molar-refractivity contribution in [2.75, 3.05) is 5.75 Å². The number of ketones is 1. The highest BCUT2D eigenvalue weighted by Gasteiger charge is 2.11.